The standard InChI is InChI=1S/C14H26N2O2/c1-14(2,11-5-8-18-9-6-11)10-16-13(17)12-4-3-7-15-12/h11-12,15H,3-10H2,1-2H3,(H,16,17). The van der Waals surface area contributed by atoms with Crippen molar-refractivity contribution in [3.05, 3.63) is 0 Å². The lowest BCUT2D eigenvalue weighted by Crippen LogP contribution is -2.46. The molecule has 2 aliphatic rings. The predicted molar refractivity (Wildman–Crippen MR) is 71.4 cm³/mol. The van der Waals surface area contributed by atoms with Crippen molar-refractivity contribution in [2.24, 2.45) is 11.3 Å². The molecule has 2 fully saturated rings. The number of carbonyl (C=O) groups is 1. The molecule has 1 unspecified atom stereocenters. The van der Waals surface area contributed by atoms with Crippen molar-refractivity contribution in [2.45, 2.75) is 45.6 Å². The highest BCUT2D eigenvalue weighted by atomic mass is 16.5. The summed E-state index contributed by atoms with van der Waals surface area (Å²) in [4.78, 5) is 12.0. The fourth-order valence-electron chi connectivity index (χ4n) is 2.97. The highest BCUT2D eigenvalue weighted by molar-refractivity contribution is 5.82. The molecule has 2 aliphatic heterocycles. The molecule has 104 valence electrons. The van der Waals surface area contributed by atoms with Crippen molar-refractivity contribution in [2.75, 3.05) is 26.3 Å². The van der Waals surface area contributed by atoms with Crippen LogP contribution in [0.15, 0.2) is 0 Å². The Hall–Kier alpha value is -0.610. The number of hydrogen-bond donors (Lipinski definition) is 2. The number of hydrogen-bond acceptors (Lipinski definition) is 3. The normalized spacial score (nSPS) is 26.2. The zero-order chi connectivity index (χ0) is 13.0. The fraction of sp³-hybridized carbons (Fsp3) is 0.929. The van der Waals surface area contributed by atoms with Crippen LogP contribution >= 0.6 is 0 Å². The van der Waals surface area contributed by atoms with Crippen molar-refractivity contribution >= 4 is 5.91 Å². The molecule has 4 nitrogen and oxygen atoms in total. The van der Waals surface area contributed by atoms with Gasteiger partial charge in [-0.05, 0) is 43.6 Å². The van der Waals surface area contributed by atoms with Crippen LogP contribution in [0, 0.1) is 11.3 Å². The topological polar surface area (TPSA) is 50.4 Å². The van der Waals surface area contributed by atoms with Gasteiger partial charge in [0.15, 0.2) is 0 Å². The lowest BCUT2D eigenvalue weighted by atomic mass is 9.74. The van der Waals surface area contributed by atoms with Crippen molar-refractivity contribution in [1.29, 1.82) is 0 Å². The van der Waals surface area contributed by atoms with Crippen LogP contribution in [0.25, 0.3) is 0 Å². The summed E-state index contributed by atoms with van der Waals surface area (Å²) in [6.45, 7) is 7.99. The van der Waals surface area contributed by atoms with Gasteiger partial charge in [0.1, 0.15) is 0 Å². The Morgan fingerprint density at radius 1 is 1.33 bits per heavy atom. The van der Waals surface area contributed by atoms with E-state index in [0.717, 1.165) is 52.0 Å². The molecule has 1 amide bonds. The van der Waals surface area contributed by atoms with Gasteiger partial charge in [-0.15, -0.1) is 0 Å². The van der Waals surface area contributed by atoms with Gasteiger partial charge in [-0.1, -0.05) is 13.8 Å². The lowest BCUT2D eigenvalue weighted by Gasteiger charge is -2.37. The third kappa shape index (κ3) is 3.45. The van der Waals surface area contributed by atoms with E-state index in [1.807, 2.05) is 0 Å². The Morgan fingerprint density at radius 3 is 2.67 bits per heavy atom. The average molecular weight is 254 g/mol. The van der Waals surface area contributed by atoms with Gasteiger partial charge in [0.2, 0.25) is 5.91 Å². The predicted octanol–water partition coefficient (Wildman–Crippen LogP) is 1.31. The molecule has 0 aromatic rings. The molecule has 0 spiro atoms. The molecule has 0 aromatic heterocycles. The van der Waals surface area contributed by atoms with Crippen LogP contribution in [-0.4, -0.2) is 38.3 Å². The molecule has 2 N–H and O–H groups in total. The van der Waals surface area contributed by atoms with Crippen LogP contribution in [0.4, 0.5) is 0 Å². The quantitative estimate of drug-likeness (QED) is 0.795. The van der Waals surface area contributed by atoms with E-state index in [2.05, 4.69) is 24.5 Å². The number of carbonyl (C=O) groups excluding carboxylic acids is 1. The van der Waals surface area contributed by atoms with E-state index in [0.29, 0.717) is 5.92 Å². The number of nitrogens with one attached hydrogen (secondary N) is 2. The maximum absolute atomic E-state index is 12.0. The summed E-state index contributed by atoms with van der Waals surface area (Å²) in [7, 11) is 0. The summed E-state index contributed by atoms with van der Waals surface area (Å²) in [6, 6.07) is 0.0375. The summed E-state index contributed by atoms with van der Waals surface area (Å²) in [5.74, 6) is 0.829. The SMILES string of the molecule is CC(C)(CNC(=O)C1CCCN1)C1CCOCC1. The van der Waals surface area contributed by atoms with Gasteiger partial charge in [0.05, 0.1) is 6.04 Å². The highest BCUT2D eigenvalue weighted by Crippen LogP contribution is 2.33. The molecule has 0 saturated carbocycles. The van der Waals surface area contributed by atoms with E-state index in [4.69, 9.17) is 4.74 Å². The summed E-state index contributed by atoms with van der Waals surface area (Å²) < 4.78 is 5.40. The molecule has 2 rings (SSSR count). The first kappa shape index (κ1) is 13.8. The molecule has 4 heteroatoms. The van der Waals surface area contributed by atoms with Gasteiger partial charge in [-0.25, -0.2) is 0 Å². The minimum Gasteiger partial charge on any atom is -0.381 e. The first-order valence-corrected chi connectivity index (χ1v) is 7.18. The van der Waals surface area contributed by atoms with E-state index in [-0.39, 0.29) is 17.4 Å². The Morgan fingerprint density at radius 2 is 2.06 bits per heavy atom. The van der Waals surface area contributed by atoms with Gasteiger partial charge in [-0.2, -0.15) is 0 Å². The average Bonchev–Trinajstić information content (AvgIpc) is 2.91. The fourth-order valence-corrected chi connectivity index (χ4v) is 2.97. The van der Waals surface area contributed by atoms with Gasteiger partial charge in [-0.3, -0.25) is 4.79 Å². The van der Waals surface area contributed by atoms with Crippen molar-refractivity contribution in [3.8, 4) is 0 Å². The van der Waals surface area contributed by atoms with Crippen molar-refractivity contribution in [1.82, 2.24) is 10.6 Å². The number of ether oxygens (including phenoxy) is 1. The molecule has 0 bridgehead atoms. The van der Waals surface area contributed by atoms with Crippen LogP contribution in [-0.2, 0) is 9.53 Å². The molecule has 1 atom stereocenters. The van der Waals surface area contributed by atoms with Crippen LogP contribution in [0.2, 0.25) is 0 Å². The van der Waals surface area contributed by atoms with Crippen molar-refractivity contribution in [3.63, 3.8) is 0 Å². The molecule has 0 aromatic carbocycles. The van der Waals surface area contributed by atoms with Gasteiger partial charge in [0, 0.05) is 19.8 Å². The van der Waals surface area contributed by atoms with Gasteiger partial charge >= 0.3 is 0 Å². The molecule has 18 heavy (non-hydrogen) atoms. The van der Waals surface area contributed by atoms with E-state index < -0.39 is 0 Å². The molecular weight excluding hydrogens is 228 g/mol. The first-order chi connectivity index (χ1) is 8.59. The third-order valence-electron chi connectivity index (χ3n) is 4.42. The van der Waals surface area contributed by atoms with Crippen LogP contribution in [0.5, 0.6) is 0 Å². The third-order valence-corrected chi connectivity index (χ3v) is 4.42. The van der Waals surface area contributed by atoms with E-state index in [1.165, 1.54) is 0 Å². The van der Waals surface area contributed by atoms with Crippen LogP contribution < -0.4 is 10.6 Å². The Kier molecular flexibility index (Phi) is 4.62. The lowest BCUT2D eigenvalue weighted by molar-refractivity contribution is -0.123. The Balaban J connectivity index is 1.78. The van der Waals surface area contributed by atoms with Gasteiger partial charge < -0.3 is 15.4 Å². The second kappa shape index (κ2) is 6.02. The van der Waals surface area contributed by atoms with Crippen LogP contribution in [0.1, 0.15) is 39.5 Å². The zero-order valence-corrected chi connectivity index (χ0v) is 11.6. The number of rotatable bonds is 4. The van der Waals surface area contributed by atoms with E-state index in [9.17, 15) is 4.79 Å². The van der Waals surface area contributed by atoms with Crippen molar-refractivity contribution < 1.29 is 9.53 Å². The van der Waals surface area contributed by atoms with Gasteiger partial charge in [0.25, 0.3) is 0 Å². The zero-order valence-electron chi connectivity index (χ0n) is 11.6. The second-order valence-electron chi connectivity index (χ2n) is 6.24. The summed E-state index contributed by atoms with van der Waals surface area (Å²) in [6.07, 6.45) is 4.32. The summed E-state index contributed by atoms with van der Waals surface area (Å²) in [5.41, 5.74) is 0.165. The monoisotopic (exact) mass is 254 g/mol. The van der Waals surface area contributed by atoms with E-state index in [1.54, 1.807) is 0 Å². The summed E-state index contributed by atoms with van der Waals surface area (Å²) in [5, 5.41) is 6.36. The minimum atomic E-state index is 0.0375. The second-order valence-corrected chi connectivity index (χ2v) is 6.24. The van der Waals surface area contributed by atoms with E-state index >= 15 is 0 Å². The largest absolute Gasteiger partial charge is 0.381 e. The maximum Gasteiger partial charge on any atom is 0.237 e. The highest BCUT2D eigenvalue weighted by Gasteiger charge is 2.32. The Bertz CT molecular complexity index is 280. The maximum atomic E-state index is 12.0. The molecule has 0 radical (unpaired) electrons. The minimum absolute atomic E-state index is 0.0375. The molecular formula is C14H26N2O2. The molecule has 0 aliphatic carbocycles. The smallest absolute Gasteiger partial charge is 0.237 e. The molecule has 2 saturated heterocycles. The Labute approximate surface area is 110 Å². The van der Waals surface area contributed by atoms with Crippen LogP contribution in [0.3, 0.4) is 0 Å². The number of amides is 1. The summed E-state index contributed by atoms with van der Waals surface area (Å²) >= 11 is 0. The molecule has 2 heterocycles. The first-order valence-electron chi connectivity index (χ1n) is 7.18.